The average molecular weight is 298 g/mol. The molecule has 1 rings (SSSR count). The molecule has 19 heavy (non-hydrogen) atoms. The summed E-state index contributed by atoms with van der Waals surface area (Å²) >= 11 is 0. The molecular formula is C14H27NO2Si2. The highest BCUT2D eigenvalue weighted by Gasteiger charge is 2.50. The maximum Gasteiger partial charge on any atom is 0.307 e. The van der Waals surface area contributed by atoms with E-state index in [0.717, 1.165) is 0 Å². The maximum absolute atomic E-state index is 11.8. The van der Waals surface area contributed by atoms with Crippen molar-refractivity contribution in [3.8, 4) is 12.3 Å². The minimum Gasteiger partial charge on any atom is -0.466 e. The quantitative estimate of drug-likeness (QED) is 0.444. The summed E-state index contributed by atoms with van der Waals surface area (Å²) < 4.78 is 7.82. The molecule has 0 aromatic rings. The molecule has 108 valence electrons. The maximum atomic E-state index is 11.8. The third-order valence-corrected chi connectivity index (χ3v) is 14.5. The van der Waals surface area contributed by atoms with Crippen LogP contribution >= 0.6 is 0 Å². The van der Waals surface area contributed by atoms with Gasteiger partial charge in [-0.25, -0.2) is 0 Å². The number of carbonyl (C=O) groups is 1. The van der Waals surface area contributed by atoms with Gasteiger partial charge in [0.25, 0.3) is 0 Å². The second-order valence-corrected chi connectivity index (χ2v) is 16.2. The van der Waals surface area contributed by atoms with Crippen LogP contribution < -0.4 is 0 Å². The molecule has 1 fully saturated rings. The number of hydrogen-bond acceptors (Lipinski definition) is 3. The number of ether oxygens (including phenoxy) is 1. The van der Waals surface area contributed by atoms with Crippen LogP contribution in [0, 0.1) is 12.3 Å². The van der Waals surface area contributed by atoms with Crippen LogP contribution in [0.25, 0.3) is 0 Å². The highest BCUT2D eigenvalue weighted by Crippen LogP contribution is 2.39. The Kier molecular flexibility index (Phi) is 5.42. The average Bonchev–Trinajstić information content (AvgIpc) is 2.48. The van der Waals surface area contributed by atoms with E-state index >= 15 is 0 Å². The molecule has 0 N–H and O–H groups in total. The molecule has 1 atom stereocenters. The molecule has 1 unspecified atom stereocenters. The first-order valence-electron chi connectivity index (χ1n) is 7.13. The van der Waals surface area contributed by atoms with Gasteiger partial charge in [0.2, 0.25) is 0 Å². The molecule has 1 aliphatic heterocycles. The molecule has 0 amide bonds. The SMILES string of the molecule is C#CCC(CC(=O)OCC)N1[Si](C)(C)CC[Si]1(C)C. The van der Waals surface area contributed by atoms with Crippen LogP contribution in [-0.4, -0.2) is 39.3 Å². The Morgan fingerprint density at radius 1 is 1.32 bits per heavy atom. The van der Waals surface area contributed by atoms with Gasteiger partial charge >= 0.3 is 5.97 Å². The van der Waals surface area contributed by atoms with Crippen molar-refractivity contribution in [1.82, 2.24) is 4.23 Å². The molecule has 5 heteroatoms. The largest absolute Gasteiger partial charge is 0.466 e. The standard InChI is InChI=1S/C14H27NO2Si2/c1-7-9-13(12-14(16)17-8-2)15-18(3,4)10-11-19(15,5)6/h1,13H,8-12H2,2-6H3. The van der Waals surface area contributed by atoms with Gasteiger partial charge in [0.15, 0.2) is 0 Å². The molecule has 3 nitrogen and oxygen atoms in total. The second-order valence-electron chi connectivity index (χ2n) is 6.57. The Hall–Kier alpha value is -0.576. The summed E-state index contributed by atoms with van der Waals surface area (Å²) in [7, 11) is -2.81. The van der Waals surface area contributed by atoms with Gasteiger partial charge in [0, 0.05) is 12.5 Å². The van der Waals surface area contributed by atoms with Crippen LogP contribution in [0.15, 0.2) is 0 Å². The Labute approximate surface area is 119 Å². The number of esters is 1. The molecule has 1 aliphatic rings. The molecule has 1 saturated heterocycles. The number of carbonyl (C=O) groups excluding carboxylic acids is 1. The van der Waals surface area contributed by atoms with Crippen molar-refractivity contribution in [3.63, 3.8) is 0 Å². The lowest BCUT2D eigenvalue weighted by atomic mass is 10.1. The predicted octanol–water partition coefficient (Wildman–Crippen LogP) is 3.06. The van der Waals surface area contributed by atoms with E-state index in [1.165, 1.54) is 12.1 Å². The van der Waals surface area contributed by atoms with E-state index in [4.69, 9.17) is 11.2 Å². The van der Waals surface area contributed by atoms with Crippen molar-refractivity contribution >= 4 is 22.4 Å². The molecule has 0 aromatic carbocycles. The van der Waals surface area contributed by atoms with E-state index in [2.05, 4.69) is 36.3 Å². The fourth-order valence-electron chi connectivity index (χ4n) is 3.46. The number of terminal acetylenes is 1. The first-order chi connectivity index (χ1) is 8.74. The molecule has 0 aromatic heterocycles. The van der Waals surface area contributed by atoms with Gasteiger partial charge in [-0.3, -0.25) is 4.79 Å². The first-order valence-corrected chi connectivity index (χ1v) is 13.4. The van der Waals surface area contributed by atoms with E-state index in [1.54, 1.807) is 0 Å². The van der Waals surface area contributed by atoms with E-state index in [1.807, 2.05) is 6.92 Å². The van der Waals surface area contributed by atoms with Gasteiger partial charge in [-0.15, -0.1) is 12.3 Å². The summed E-state index contributed by atoms with van der Waals surface area (Å²) in [5, 5.41) is 0. The molecule has 0 saturated carbocycles. The van der Waals surface area contributed by atoms with Crippen molar-refractivity contribution in [2.24, 2.45) is 0 Å². The van der Waals surface area contributed by atoms with Crippen LogP contribution in [0.5, 0.6) is 0 Å². The summed E-state index contributed by atoms with van der Waals surface area (Å²) in [4.78, 5) is 11.8. The minimum atomic E-state index is -1.40. The van der Waals surface area contributed by atoms with Gasteiger partial charge in [0.05, 0.1) is 13.0 Å². The highest BCUT2D eigenvalue weighted by atomic mass is 28.4. The van der Waals surface area contributed by atoms with Gasteiger partial charge in [-0.05, 0) is 19.0 Å². The van der Waals surface area contributed by atoms with Crippen molar-refractivity contribution < 1.29 is 9.53 Å². The molecule has 1 heterocycles. The van der Waals surface area contributed by atoms with Crippen LogP contribution in [0.1, 0.15) is 19.8 Å². The third kappa shape index (κ3) is 3.94. The topological polar surface area (TPSA) is 29.5 Å². The summed E-state index contributed by atoms with van der Waals surface area (Å²) in [5.41, 5.74) is 0. The fourth-order valence-corrected chi connectivity index (χ4v) is 18.4. The summed E-state index contributed by atoms with van der Waals surface area (Å²) in [6.07, 6.45) is 6.63. The Balaban J connectivity index is 2.91. The van der Waals surface area contributed by atoms with Crippen molar-refractivity contribution in [1.29, 1.82) is 0 Å². The Morgan fingerprint density at radius 2 is 1.84 bits per heavy atom. The van der Waals surface area contributed by atoms with E-state index < -0.39 is 16.5 Å². The second kappa shape index (κ2) is 6.25. The van der Waals surface area contributed by atoms with Crippen LogP contribution in [0.3, 0.4) is 0 Å². The van der Waals surface area contributed by atoms with E-state index in [-0.39, 0.29) is 12.0 Å². The van der Waals surface area contributed by atoms with E-state index in [0.29, 0.717) is 19.4 Å². The van der Waals surface area contributed by atoms with Crippen molar-refractivity contribution in [2.45, 2.75) is 64.1 Å². The Bertz CT molecular complexity index is 358. The lowest BCUT2D eigenvalue weighted by molar-refractivity contribution is -0.143. The highest BCUT2D eigenvalue weighted by molar-refractivity contribution is 6.95. The Morgan fingerprint density at radius 3 is 2.26 bits per heavy atom. The fraction of sp³-hybridized carbons (Fsp3) is 0.786. The van der Waals surface area contributed by atoms with Crippen LogP contribution in [0.2, 0.25) is 38.3 Å². The minimum absolute atomic E-state index is 0.107. The molecule has 0 spiro atoms. The molecule has 0 aliphatic carbocycles. The van der Waals surface area contributed by atoms with Crippen molar-refractivity contribution in [3.05, 3.63) is 0 Å². The predicted molar refractivity (Wildman–Crippen MR) is 84.9 cm³/mol. The number of nitrogens with zero attached hydrogens (tertiary/aromatic N) is 1. The van der Waals surface area contributed by atoms with Crippen LogP contribution in [-0.2, 0) is 9.53 Å². The summed E-state index contributed by atoms with van der Waals surface area (Å²) in [6, 6.07) is 2.85. The first kappa shape index (κ1) is 16.5. The van der Waals surface area contributed by atoms with E-state index in [9.17, 15) is 4.79 Å². The zero-order valence-electron chi connectivity index (χ0n) is 13.0. The van der Waals surface area contributed by atoms with Gasteiger partial charge < -0.3 is 8.97 Å². The lowest BCUT2D eigenvalue weighted by Gasteiger charge is -2.44. The monoisotopic (exact) mass is 297 g/mol. The van der Waals surface area contributed by atoms with Gasteiger partial charge in [0.1, 0.15) is 16.5 Å². The number of hydrogen-bond donors (Lipinski definition) is 0. The van der Waals surface area contributed by atoms with Crippen molar-refractivity contribution in [2.75, 3.05) is 6.61 Å². The zero-order chi connectivity index (χ0) is 14.7. The zero-order valence-corrected chi connectivity index (χ0v) is 15.0. The third-order valence-electron chi connectivity index (χ3n) is 4.08. The normalized spacial score (nSPS) is 22.7. The van der Waals surface area contributed by atoms with Gasteiger partial charge in [-0.2, -0.15) is 0 Å². The summed E-state index contributed by atoms with van der Waals surface area (Å²) in [5.74, 6) is 2.66. The number of rotatable bonds is 5. The summed E-state index contributed by atoms with van der Waals surface area (Å²) in [6.45, 7) is 11.9. The van der Waals surface area contributed by atoms with Crippen LogP contribution in [0.4, 0.5) is 0 Å². The molecule has 0 radical (unpaired) electrons. The molecular weight excluding hydrogens is 270 g/mol. The lowest BCUT2D eigenvalue weighted by Crippen LogP contribution is -2.60. The molecule has 0 bridgehead atoms. The van der Waals surface area contributed by atoms with Gasteiger partial charge in [-0.1, -0.05) is 26.2 Å². The smallest absolute Gasteiger partial charge is 0.307 e.